The number of nitrogens with two attached hydrogens (primary N) is 1. The average molecular weight is 348 g/mol. The van der Waals surface area contributed by atoms with Crippen LogP contribution >= 0.6 is 0 Å². The molecule has 1 heterocycles. The van der Waals surface area contributed by atoms with Crippen LogP contribution in [-0.4, -0.2) is 39.9 Å². The first-order valence-corrected chi connectivity index (χ1v) is 8.10. The highest BCUT2D eigenvalue weighted by atomic mass is 16.2. The molecule has 0 fully saturated rings. The predicted octanol–water partition coefficient (Wildman–Crippen LogP) is 2.87. The van der Waals surface area contributed by atoms with Crippen molar-refractivity contribution < 1.29 is 4.79 Å². The summed E-state index contributed by atoms with van der Waals surface area (Å²) in [5.41, 5.74) is 9.20. The van der Waals surface area contributed by atoms with E-state index in [0.717, 1.165) is 11.3 Å². The average Bonchev–Trinajstić information content (AvgIpc) is 2.62. The van der Waals surface area contributed by atoms with Gasteiger partial charge in [-0.3, -0.25) is 4.79 Å². The molecule has 0 saturated carbocycles. The number of amides is 1. The lowest BCUT2D eigenvalue weighted by molar-refractivity contribution is 0.0827. The van der Waals surface area contributed by atoms with E-state index in [1.54, 1.807) is 38.4 Å². The van der Waals surface area contributed by atoms with Crippen LogP contribution in [-0.2, 0) is 0 Å². The summed E-state index contributed by atoms with van der Waals surface area (Å²) in [4.78, 5) is 26.3. The van der Waals surface area contributed by atoms with Gasteiger partial charge in [0, 0.05) is 30.9 Å². The van der Waals surface area contributed by atoms with E-state index in [1.165, 1.54) is 10.5 Å². The third kappa shape index (κ3) is 3.94. The minimum atomic E-state index is -0.0616. The Balaban J connectivity index is 1.87. The third-order valence-corrected chi connectivity index (χ3v) is 3.76. The summed E-state index contributed by atoms with van der Waals surface area (Å²) in [7, 11) is 3.43. The largest absolute Gasteiger partial charge is 0.368 e. The van der Waals surface area contributed by atoms with Gasteiger partial charge in [0.2, 0.25) is 11.9 Å². The monoisotopic (exact) mass is 348 g/mol. The van der Waals surface area contributed by atoms with Crippen LogP contribution < -0.4 is 11.1 Å². The highest BCUT2D eigenvalue weighted by Gasteiger charge is 2.11. The van der Waals surface area contributed by atoms with Crippen molar-refractivity contribution >= 4 is 23.5 Å². The van der Waals surface area contributed by atoms with Gasteiger partial charge in [-0.1, -0.05) is 29.8 Å². The molecule has 0 bridgehead atoms. The fourth-order valence-electron chi connectivity index (χ4n) is 2.36. The Labute approximate surface area is 151 Å². The molecule has 0 unspecified atom stereocenters. The molecular weight excluding hydrogens is 328 g/mol. The summed E-state index contributed by atoms with van der Waals surface area (Å²) < 4.78 is 0. The van der Waals surface area contributed by atoms with Crippen LogP contribution in [0.3, 0.4) is 0 Å². The summed E-state index contributed by atoms with van der Waals surface area (Å²) >= 11 is 0. The summed E-state index contributed by atoms with van der Waals surface area (Å²) in [5, 5.41) is 3.12. The first-order valence-electron chi connectivity index (χ1n) is 8.10. The predicted molar refractivity (Wildman–Crippen MR) is 102 cm³/mol. The molecule has 0 atom stereocenters. The van der Waals surface area contributed by atoms with Crippen molar-refractivity contribution in [3.8, 4) is 11.4 Å². The van der Waals surface area contributed by atoms with Crippen LogP contribution in [0.1, 0.15) is 15.9 Å². The number of carbonyl (C=O) groups is 1. The van der Waals surface area contributed by atoms with Crippen LogP contribution in [0.5, 0.6) is 0 Å². The minimum absolute atomic E-state index is 0.0616. The lowest BCUT2D eigenvalue weighted by atomic mass is 10.1. The Hall–Kier alpha value is -3.48. The van der Waals surface area contributed by atoms with Crippen LogP contribution in [0.25, 0.3) is 11.4 Å². The SMILES string of the molecule is Cc1ccc(Nc2nc(N)nc(-c3ccc(C(=O)N(C)C)cc3)n2)cc1. The number of nitrogens with zero attached hydrogens (tertiary/aromatic N) is 4. The molecule has 0 spiro atoms. The summed E-state index contributed by atoms with van der Waals surface area (Å²) in [6, 6.07) is 14.9. The number of aromatic nitrogens is 3. The zero-order valence-electron chi connectivity index (χ0n) is 14.9. The van der Waals surface area contributed by atoms with E-state index in [9.17, 15) is 4.79 Å². The van der Waals surface area contributed by atoms with Gasteiger partial charge in [-0.05, 0) is 31.2 Å². The molecule has 0 aliphatic heterocycles. The van der Waals surface area contributed by atoms with E-state index >= 15 is 0 Å². The van der Waals surface area contributed by atoms with Crippen molar-refractivity contribution in [3.63, 3.8) is 0 Å². The molecule has 2 aromatic carbocycles. The Morgan fingerprint density at radius 2 is 1.62 bits per heavy atom. The molecule has 3 aromatic rings. The Kier molecular flexibility index (Phi) is 4.79. The van der Waals surface area contributed by atoms with Gasteiger partial charge in [0.05, 0.1) is 0 Å². The summed E-state index contributed by atoms with van der Waals surface area (Å²) in [6.07, 6.45) is 0. The van der Waals surface area contributed by atoms with Crippen molar-refractivity contribution in [2.75, 3.05) is 25.1 Å². The molecule has 26 heavy (non-hydrogen) atoms. The van der Waals surface area contributed by atoms with Gasteiger partial charge >= 0.3 is 0 Å². The van der Waals surface area contributed by atoms with Gasteiger partial charge in [-0.25, -0.2) is 0 Å². The Morgan fingerprint density at radius 3 is 2.23 bits per heavy atom. The maximum absolute atomic E-state index is 12.0. The van der Waals surface area contributed by atoms with Gasteiger partial charge in [-0.15, -0.1) is 0 Å². The van der Waals surface area contributed by atoms with Crippen LogP contribution in [0.15, 0.2) is 48.5 Å². The van der Waals surface area contributed by atoms with Crippen LogP contribution in [0, 0.1) is 6.92 Å². The molecule has 1 amide bonds. The molecular formula is C19H20N6O. The van der Waals surface area contributed by atoms with Gasteiger partial charge in [-0.2, -0.15) is 15.0 Å². The standard InChI is InChI=1S/C19H20N6O/c1-12-4-10-15(11-5-12)21-19-23-16(22-18(20)24-19)13-6-8-14(9-7-13)17(26)25(2)3/h4-11H,1-3H3,(H3,20,21,22,23,24). The molecule has 0 radical (unpaired) electrons. The van der Waals surface area contributed by atoms with Crippen molar-refractivity contribution in [2.24, 2.45) is 0 Å². The van der Waals surface area contributed by atoms with Crippen molar-refractivity contribution in [1.82, 2.24) is 19.9 Å². The lowest BCUT2D eigenvalue weighted by Crippen LogP contribution is -2.21. The van der Waals surface area contributed by atoms with E-state index in [1.807, 2.05) is 31.2 Å². The molecule has 1 aromatic heterocycles. The molecule has 7 nitrogen and oxygen atoms in total. The summed E-state index contributed by atoms with van der Waals surface area (Å²) in [5.74, 6) is 0.868. The maximum atomic E-state index is 12.0. The van der Waals surface area contributed by atoms with Gasteiger partial charge in [0.15, 0.2) is 5.82 Å². The second-order valence-electron chi connectivity index (χ2n) is 6.11. The zero-order chi connectivity index (χ0) is 18.7. The molecule has 3 rings (SSSR count). The molecule has 3 N–H and O–H groups in total. The van der Waals surface area contributed by atoms with Gasteiger partial charge < -0.3 is 16.0 Å². The van der Waals surface area contributed by atoms with Gasteiger partial charge in [0.1, 0.15) is 0 Å². The number of nitrogens with one attached hydrogen (secondary N) is 1. The molecule has 7 heteroatoms. The third-order valence-electron chi connectivity index (χ3n) is 3.76. The van der Waals surface area contributed by atoms with E-state index in [4.69, 9.17) is 5.73 Å². The fourth-order valence-corrected chi connectivity index (χ4v) is 2.36. The number of aryl methyl sites for hydroxylation is 1. The van der Waals surface area contributed by atoms with Crippen molar-refractivity contribution in [1.29, 1.82) is 0 Å². The van der Waals surface area contributed by atoms with Crippen LogP contribution in [0.2, 0.25) is 0 Å². The second-order valence-corrected chi connectivity index (χ2v) is 6.11. The number of hydrogen-bond donors (Lipinski definition) is 2. The van der Waals surface area contributed by atoms with Crippen molar-refractivity contribution in [3.05, 3.63) is 59.7 Å². The smallest absolute Gasteiger partial charge is 0.253 e. The number of carbonyl (C=O) groups excluding carboxylic acids is 1. The second kappa shape index (κ2) is 7.18. The van der Waals surface area contributed by atoms with E-state index in [2.05, 4.69) is 20.3 Å². The minimum Gasteiger partial charge on any atom is -0.368 e. The number of nitrogen functional groups attached to an aromatic ring is 1. The lowest BCUT2D eigenvalue weighted by Gasteiger charge is -2.11. The fraction of sp³-hybridized carbons (Fsp3) is 0.158. The van der Waals surface area contributed by atoms with E-state index in [0.29, 0.717) is 17.3 Å². The molecule has 0 saturated heterocycles. The first kappa shape index (κ1) is 17.3. The summed E-state index contributed by atoms with van der Waals surface area (Å²) in [6.45, 7) is 2.02. The Bertz CT molecular complexity index is 920. The molecule has 132 valence electrons. The first-order chi connectivity index (χ1) is 12.4. The number of benzene rings is 2. The van der Waals surface area contributed by atoms with E-state index in [-0.39, 0.29) is 11.9 Å². The van der Waals surface area contributed by atoms with E-state index < -0.39 is 0 Å². The Morgan fingerprint density at radius 1 is 0.962 bits per heavy atom. The maximum Gasteiger partial charge on any atom is 0.253 e. The zero-order valence-corrected chi connectivity index (χ0v) is 14.9. The van der Waals surface area contributed by atoms with Crippen molar-refractivity contribution in [2.45, 2.75) is 6.92 Å². The van der Waals surface area contributed by atoms with Crippen LogP contribution in [0.4, 0.5) is 17.6 Å². The number of hydrogen-bond acceptors (Lipinski definition) is 6. The normalized spacial score (nSPS) is 10.4. The highest BCUT2D eigenvalue weighted by Crippen LogP contribution is 2.20. The topological polar surface area (TPSA) is 97.0 Å². The quantitative estimate of drug-likeness (QED) is 0.752. The number of anilines is 3. The number of rotatable bonds is 4. The highest BCUT2D eigenvalue weighted by molar-refractivity contribution is 5.94. The van der Waals surface area contributed by atoms with Gasteiger partial charge in [0.25, 0.3) is 5.91 Å². The molecule has 0 aliphatic carbocycles. The molecule has 0 aliphatic rings.